The van der Waals surface area contributed by atoms with Gasteiger partial charge in [0, 0.05) is 23.5 Å². The highest BCUT2D eigenvalue weighted by Crippen LogP contribution is 2.18. The second-order valence-electron chi connectivity index (χ2n) is 5.11. The Balaban J connectivity index is 1.78. The van der Waals surface area contributed by atoms with E-state index in [4.69, 9.17) is 0 Å². The fourth-order valence-electron chi connectivity index (χ4n) is 2.69. The van der Waals surface area contributed by atoms with Crippen molar-refractivity contribution >= 4 is 18.5 Å². The van der Waals surface area contributed by atoms with Gasteiger partial charge in [-0.05, 0) is 42.2 Å². The third-order valence-electron chi connectivity index (χ3n) is 3.80. The van der Waals surface area contributed by atoms with Crippen LogP contribution in [-0.2, 0) is 12.8 Å². The topological polar surface area (TPSA) is 20.3 Å². The first-order chi connectivity index (χ1) is 9.74. The largest absolute Gasteiger partial charge is 0.338 e. The molecular formula is C17H17NOS. The SMILES string of the molecule is O=C(c1cccc(S)c1)N1CCc2ccccc2CC1. The van der Waals surface area contributed by atoms with E-state index in [-0.39, 0.29) is 5.91 Å². The molecule has 1 aliphatic rings. The average Bonchev–Trinajstić information content (AvgIpc) is 2.69. The Morgan fingerprint density at radius 3 is 2.20 bits per heavy atom. The Kier molecular flexibility index (Phi) is 3.79. The summed E-state index contributed by atoms with van der Waals surface area (Å²) in [5.41, 5.74) is 3.46. The van der Waals surface area contributed by atoms with E-state index in [9.17, 15) is 4.79 Å². The smallest absolute Gasteiger partial charge is 0.253 e. The van der Waals surface area contributed by atoms with Crippen LogP contribution in [0.1, 0.15) is 21.5 Å². The molecule has 0 aromatic heterocycles. The monoisotopic (exact) mass is 283 g/mol. The lowest BCUT2D eigenvalue weighted by Gasteiger charge is -2.20. The van der Waals surface area contributed by atoms with Gasteiger partial charge in [-0.25, -0.2) is 0 Å². The molecule has 0 unspecified atom stereocenters. The van der Waals surface area contributed by atoms with E-state index in [1.165, 1.54) is 11.1 Å². The maximum Gasteiger partial charge on any atom is 0.253 e. The third kappa shape index (κ3) is 2.73. The molecule has 0 saturated heterocycles. The molecule has 1 aliphatic heterocycles. The first-order valence-electron chi connectivity index (χ1n) is 6.89. The van der Waals surface area contributed by atoms with E-state index in [2.05, 4.69) is 36.9 Å². The van der Waals surface area contributed by atoms with Gasteiger partial charge in [0.15, 0.2) is 0 Å². The van der Waals surface area contributed by atoms with E-state index in [0.29, 0.717) is 0 Å². The molecule has 0 aliphatic carbocycles. The molecule has 0 N–H and O–H groups in total. The van der Waals surface area contributed by atoms with Gasteiger partial charge in [0.1, 0.15) is 0 Å². The number of rotatable bonds is 1. The minimum atomic E-state index is 0.105. The fraction of sp³-hybridized carbons (Fsp3) is 0.235. The van der Waals surface area contributed by atoms with Gasteiger partial charge in [0.25, 0.3) is 5.91 Å². The van der Waals surface area contributed by atoms with Crippen LogP contribution in [0.2, 0.25) is 0 Å². The molecule has 1 amide bonds. The van der Waals surface area contributed by atoms with Crippen molar-refractivity contribution in [3.63, 3.8) is 0 Å². The predicted molar refractivity (Wildman–Crippen MR) is 83.4 cm³/mol. The van der Waals surface area contributed by atoms with Crippen LogP contribution in [0.5, 0.6) is 0 Å². The minimum absolute atomic E-state index is 0.105. The number of fused-ring (bicyclic) bond motifs is 1. The zero-order valence-corrected chi connectivity index (χ0v) is 12.1. The Bertz CT molecular complexity index is 611. The molecule has 0 spiro atoms. The lowest BCUT2D eigenvalue weighted by molar-refractivity contribution is 0.0763. The van der Waals surface area contributed by atoms with Crippen molar-refractivity contribution in [2.24, 2.45) is 0 Å². The summed E-state index contributed by atoms with van der Waals surface area (Å²) in [4.78, 5) is 15.3. The number of amides is 1. The van der Waals surface area contributed by atoms with Gasteiger partial charge in [-0.1, -0.05) is 30.3 Å². The Hall–Kier alpha value is -1.74. The third-order valence-corrected chi connectivity index (χ3v) is 4.08. The number of carbonyl (C=O) groups is 1. The van der Waals surface area contributed by atoms with Gasteiger partial charge in [0.05, 0.1) is 0 Å². The molecule has 0 bridgehead atoms. The van der Waals surface area contributed by atoms with Crippen LogP contribution >= 0.6 is 12.6 Å². The minimum Gasteiger partial charge on any atom is -0.338 e. The Morgan fingerprint density at radius 2 is 1.60 bits per heavy atom. The summed E-state index contributed by atoms with van der Waals surface area (Å²) < 4.78 is 0. The highest BCUT2D eigenvalue weighted by molar-refractivity contribution is 7.80. The van der Waals surface area contributed by atoms with E-state index in [1.54, 1.807) is 0 Å². The molecule has 3 rings (SSSR count). The summed E-state index contributed by atoms with van der Waals surface area (Å²) in [5, 5.41) is 0. The van der Waals surface area contributed by atoms with E-state index >= 15 is 0 Å². The Labute approximate surface area is 124 Å². The van der Waals surface area contributed by atoms with Crippen LogP contribution in [0, 0.1) is 0 Å². The molecule has 1 heterocycles. The van der Waals surface area contributed by atoms with Gasteiger partial charge in [-0.15, -0.1) is 12.6 Å². The molecule has 0 saturated carbocycles. The first-order valence-corrected chi connectivity index (χ1v) is 7.34. The van der Waals surface area contributed by atoms with E-state index in [0.717, 1.165) is 36.4 Å². The van der Waals surface area contributed by atoms with Gasteiger partial charge >= 0.3 is 0 Å². The van der Waals surface area contributed by atoms with Gasteiger partial charge in [0.2, 0.25) is 0 Å². The van der Waals surface area contributed by atoms with Crippen molar-refractivity contribution < 1.29 is 4.79 Å². The van der Waals surface area contributed by atoms with Crippen molar-refractivity contribution in [2.45, 2.75) is 17.7 Å². The number of benzene rings is 2. The second kappa shape index (κ2) is 5.71. The van der Waals surface area contributed by atoms with Crippen molar-refractivity contribution in [1.82, 2.24) is 4.90 Å². The number of nitrogens with zero attached hydrogens (tertiary/aromatic N) is 1. The lowest BCUT2D eigenvalue weighted by atomic mass is 10.0. The number of hydrogen-bond acceptors (Lipinski definition) is 2. The van der Waals surface area contributed by atoms with Crippen LogP contribution in [0.4, 0.5) is 0 Å². The molecule has 2 aromatic rings. The average molecular weight is 283 g/mol. The quantitative estimate of drug-likeness (QED) is 0.797. The Morgan fingerprint density at radius 1 is 0.950 bits per heavy atom. The normalized spacial score (nSPS) is 14.6. The first kappa shape index (κ1) is 13.3. The highest BCUT2D eigenvalue weighted by atomic mass is 32.1. The molecule has 102 valence electrons. The predicted octanol–water partition coefficient (Wildman–Crippen LogP) is 3.22. The van der Waals surface area contributed by atoms with Gasteiger partial charge < -0.3 is 4.90 Å². The summed E-state index contributed by atoms with van der Waals surface area (Å²) in [6.45, 7) is 1.57. The zero-order valence-electron chi connectivity index (χ0n) is 11.2. The zero-order chi connectivity index (χ0) is 13.9. The van der Waals surface area contributed by atoms with E-state index in [1.807, 2.05) is 29.2 Å². The standard InChI is InChI=1S/C17H17NOS/c19-17(15-6-3-7-16(20)12-15)18-10-8-13-4-1-2-5-14(13)9-11-18/h1-7,12,20H,8-11H2. The maximum atomic E-state index is 12.5. The number of hydrogen-bond donors (Lipinski definition) is 1. The summed E-state index contributed by atoms with van der Waals surface area (Å²) >= 11 is 4.30. The number of thiol groups is 1. The van der Waals surface area contributed by atoms with Crippen molar-refractivity contribution in [3.8, 4) is 0 Å². The summed E-state index contributed by atoms with van der Waals surface area (Å²) in [6.07, 6.45) is 1.87. The molecule has 2 nitrogen and oxygen atoms in total. The summed E-state index contributed by atoms with van der Waals surface area (Å²) in [7, 11) is 0. The molecule has 0 atom stereocenters. The van der Waals surface area contributed by atoms with Crippen LogP contribution in [0.25, 0.3) is 0 Å². The van der Waals surface area contributed by atoms with Crippen molar-refractivity contribution in [1.29, 1.82) is 0 Å². The molecule has 0 radical (unpaired) electrons. The lowest BCUT2D eigenvalue weighted by Crippen LogP contribution is -2.33. The highest BCUT2D eigenvalue weighted by Gasteiger charge is 2.19. The van der Waals surface area contributed by atoms with Crippen LogP contribution in [-0.4, -0.2) is 23.9 Å². The van der Waals surface area contributed by atoms with Crippen LogP contribution in [0.15, 0.2) is 53.4 Å². The molecule has 0 fully saturated rings. The molecule has 20 heavy (non-hydrogen) atoms. The molecule has 2 aromatic carbocycles. The second-order valence-corrected chi connectivity index (χ2v) is 5.63. The van der Waals surface area contributed by atoms with Crippen molar-refractivity contribution in [3.05, 3.63) is 65.2 Å². The van der Waals surface area contributed by atoms with E-state index < -0.39 is 0 Å². The fourth-order valence-corrected chi connectivity index (χ4v) is 2.92. The maximum absolute atomic E-state index is 12.5. The molecule has 3 heteroatoms. The molecular weight excluding hydrogens is 266 g/mol. The van der Waals surface area contributed by atoms with Gasteiger partial charge in [-0.3, -0.25) is 4.79 Å². The number of carbonyl (C=O) groups excluding carboxylic acids is 1. The van der Waals surface area contributed by atoms with Crippen molar-refractivity contribution in [2.75, 3.05) is 13.1 Å². The van der Waals surface area contributed by atoms with Gasteiger partial charge in [-0.2, -0.15) is 0 Å². The van der Waals surface area contributed by atoms with Crippen LogP contribution < -0.4 is 0 Å². The van der Waals surface area contributed by atoms with Crippen LogP contribution in [0.3, 0.4) is 0 Å². The summed E-state index contributed by atoms with van der Waals surface area (Å²) in [6, 6.07) is 15.9. The summed E-state index contributed by atoms with van der Waals surface area (Å²) in [5.74, 6) is 0.105.